The first-order valence-electron chi connectivity index (χ1n) is 5.15. The standard InChI is InChI=1S/C11H12FN3O3/c1-7(5-13)6-14-10-4-8(18-2)3-9(12)11(10)15(16)17/h3-4,7,14H,6H2,1-2H3. The van der Waals surface area contributed by atoms with Crippen LogP contribution in [0.2, 0.25) is 0 Å². The molecule has 0 aliphatic heterocycles. The molecule has 0 aromatic heterocycles. The van der Waals surface area contributed by atoms with Gasteiger partial charge in [0.25, 0.3) is 0 Å². The molecule has 1 atom stereocenters. The summed E-state index contributed by atoms with van der Waals surface area (Å²) in [5.41, 5.74) is -0.653. The monoisotopic (exact) mass is 253 g/mol. The Balaban J connectivity index is 3.10. The van der Waals surface area contributed by atoms with Gasteiger partial charge in [0.05, 0.1) is 24.0 Å². The van der Waals surface area contributed by atoms with Crippen molar-refractivity contribution in [3.63, 3.8) is 0 Å². The lowest BCUT2D eigenvalue weighted by molar-refractivity contribution is -0.386. The van der Waals surface area contributed by atoms with Crippen LogP contribution in [0.25, 0.3) is 0 Å². The van der Waals surface area contributed by atoms with Crippen LogP contribution in [0.1, 0.15) is 6.92 Å². The normalized spacial score (nSPS) is 11.4. The minimum atomic E-state index is -0.980. The molecule has 1 rings (SSSR count). The second kappa shape index (κ2) is 5.82. The van der Waals surface area contributed by atoms with E-state index in [0.717, 1.165) is 6.07 Å². The summed E-state index contributed by atoms with van der Waals surface area (Å²) >= 11 is 0. The third-order valence-corrected chi connectivity index (χ3v) is 2.27. The maximum atomic E-state index is 13.5. The number of nitriles is 1. The third-order valence-electron chi connectivity index (χ3n) is 2.27. The van der Waals surface area contributed by atoms with Crippen LogP contribution < -0.4 is 10.1 Å². The second-order valence-electron chi connectivity index (χ2n) is 3.67. The summed E-state index contributed by atoms with van der Waals surface area (Å²) in [6.07, 6.45) is 0. The van der Waals surface area contributed by atoms with Gasteiger partial charge in [-0.15, -0.1) is 0 Å². The molecule has 1 N–H and O–H groups in total. The van der Waals surface area contributed by atoms with Crippen molar-refractivity contribution < 1.29 is 14.1 Å². The van der Waals surface area contributed by atoms with Crippen LogP contribution in [0.3, 0.4) is 0 Å². The van der Waals surface area contributed by atoms with Crippen molar-refractivity contribution in [2.75, 3.05) is 19.0 Å². The molecule has 0 spiro atoms. The van der Waals surface area contributed by atoms with Gasteiger partial charge in [0, 0.05) is 18.7 Å². The Labute approximate surface area is 103 Å². The molecule has 0 saturated carbocycles. The van der Waals surface area contributed by atoms with E-state index in [9.17, 15) is 14.5 Å². The maximum Gasteiger partial charge on any atom is 0.327 e. The molecular formula is C11H12FN3O3. The van der Waals surface area contributed by atoms with Crippen molar-refractivity contribution in [2.45, 2.75) is 6.92 Å². The molecule has 6 nitrogen and oxygen atoms in total. The largest absolute Gasteiger partial charge is 0.497 e. The van der Waals surface area contributed by atoms with Gasteiger partial charge in [-0.25, -0.2) is 0 Å². The fourth-order valence-corrected chi connectivity index (χ4v) is 1.32. The first-order chi connectivity index (χ1) is 8.49. The summed E-state index contributed by atoms with van der Waals surface area (Å²) < 4.78 is 18.4. The van der Waals surface area contributed by atoms with Gasteiger partial charge < -0.3 is 10.1 Å². The molecule has 0 fully saturated rings. The number of nitro groups is 1. The van der Waals surface area contributed by atoms with E-state index in [1.54, 1.807) is 6.92 Å². The van der Waals surface area contributed by atoms with Gasteiger partial charge in [0.1, 0.15) is 11.4 Å². The summed E-state index contributed by atoms with van der Waals surface area (Å²) in [4.78, 5) is 9.96. The number of halogens is 1. The molecule has 0 heterocycles. The molecule has 0 radical (unpaired) electrons. The summed E-state index contributed by atoms with van der Waals surface area (Å²) in [7, 11) is 1.34. The number of hydrogen-bond donors (Lipinski definition) is 1. The number of hydrogen-bond acceptors (Lipinski definition) is 5. The average Bonchev–Trinajstić information content (AvgIpc) is 2.34. The fourth-order valence-electron chi connectivity index (χ4n) is 1.32. The fraction of sp³-hybridized carbons (Fsp3) is 0.364. The molecule has 18 heavy (non-hydrogen) atoms. The molecule has 0 aliphatic carbocycles. The molecule has 7 heteroatoms. The van der Waals surface area contributed by atoms with Gasteiger partial charge in [0.2, 0.25) is 5.82 Å². The first kappa shape index (κ1) is 13.7. The maximum absolute atomic E-state index is 13.5. The summed E-state index contributed by atoms with van der Waals surface area (Å²) in [6, 6.07) is 4.24. The average molecular weight is 253 g/mol. The molecule has 1 unspecified atom stereocenters. The van der Waals surface area contributed by atoms with Crippen molar-refractivity contribution in [3.8, 4) is 11.8 Å². The Bertz CT molecular complexity index is 499. The number of anilines is 1. The third kappa shape index (κ3) is 3.07. The van der Waals surface area contributed by atoms with E-state index < -0.39 is 16.4 Å². The van der Waals surface area contributed by atoms with Gasteiger partial charge in [-0.3, -0.25) is 10.1 Å². The van der Waals surface area contributed by atoms with Crippen molar-refractivity contribution in [3.05, 3.63) is 28.1 Å². The Kier molecular flexibility index (Phi) is 4.43. The quantitative estimate of drug-likeness (QED) is 0.642. The highest BCUT2D eigenvalue weighted by Crippen LogP contribution is 2.32. The molecular weight excluding hydrogens is 241 g/mol. The number of nitrogens with zero attached hydrogens (tertiary/aromatic N) is 2. The van der Waals surface area contributed by atoms with Crippen molar-refractivity contribution in [1.82, 2.24) is 0 Å². The summed E-state index contributed by atoms with van der Waals surface area (Å²) in [5.74, 6) is -1.16. The second-order valence-corrected chi connectivity index (χ2v) is 3.67. The van der Waals surface area contributed by atoms with Crippen molar-refractivity contribution >= 4 is 11.4 Å². The minimum Gasteiger partial charge on any atom is -0.497 e. The Morgan fingerprint density at radius 1 is 1.67 bits per heavy atom. The zero-order valence-electron chi connectivity index (χ0n) is 9.94. The number of benzene rings is 1. The van der Waals surface area contributed by atoms with Crippen LogP contribution in [0.4, 0.5) is 15.8 Å². The van der Waals surface area contributed by atoms with E-state index in [0.29, 0.717) is 0 Å². The number of rotatable bonds is 5. The zero-order chi connectivity index (χ0) is 13.7. The lowest BCUT2D eigenvalue weighted by Crippen LogP contribution is -2.11. The molecule has 0 bridgehead atoms. The highest BCUT2D eigenvalue weighted by Gasteiger charge is 2.22. The van der Waals surface area contributed by atoms with E-state index in [2.05, 4.69) is 5.32 Å². The molecule has 0 aliphatic rings. The molecule has 96 valence electrons. The number of ether oxygens (including phenoxy) is 1. The van der Waals surface area contributed by atoms with Crippen LogP contribution in [0.15, 0.2) is 12.1 Å². The van der Waals surface area contributed by atoms with Gasteiger partial charge in [-0.2, -0.15) is 9.65 Å². The van der Waals surface area contributed by atoms with Crippen LogP contribution >= 0.6 is 0 Å². The van der Waals surface area contributed by atoms with Gasteiger partial charge in [-0.1, -0.05) is 0 Å². The van der Waals surface area contributed by atoms with Crippen LogP contribution in [-0.2, 0) is 0 Å². The highest BCUT2D eigenvalue weighted by molar-refractivity contribution is 5.65. The Morgan fingerprint density at radius 3 is 2.83 bits per heavy atom. The van der Waals surface area contributed by atoms with Crippen LogP contribution in [0.5, 0.6) is 5.75 Å². The van der Waals surface area contributed by atoms with E-state index >= 15 is 0 Å². The number of nitrogens with one attached hydrogen (secondary N) is 1. The van der Waals surface area contributed by atoms with E-state index in [1.165, 1.54) is 13.2 Å². The van der Waals surface area contributed by atoms with Crippen molar-refractivity contribution in [2.24, 2.45) is 5.92 Å². The van der Waals surface area contributed by atoms with Crippen molar-refractivity contribution in [1.29, 1.82) is 5.26 Å². The molecule has 0 saturated heterocycles. The van der Waals surface area contributed by atoms with Crippen LogP contribution in [0, 0.1) is 33.2 Å². The summed E-state index contributed by atoms with van der Waals surface area (Å²) in [5, 5.41) is 22.1. The zero-order valence-corrected chi connectivity index (χ0v) is 9.94. The Morgan fingerprint density at radius 2 is 2.33 bits per heavy atom. The summed E-state index contributed by atoms with van der Waals surface area (Å²) in [6.45, 7) is 1.83. The van der Waals surface area contributed by atoms with E-state index in [4.69, 9.17) is 10.00 Å². The number of nitro benzene ring substituents is 1. The Hall–Kier alpha value is -2.36. The van der Waals surface area contributed by atoms with E-state index in [-0.39, 0.29) is 23.9 Å². The molecule has 1 aromatic rings. The highest BCUT2D eigenvalue weighted by atomic mass is 19.1. The van der Waals surface area contributed by atoms with Gasteiger partial charge in [0.15, 0.2) is 0 Å². The first-order valence-corrected chi connectivity index (χ1v) is 5.15. The van der Waals surface area contributed by atoms with Crippen LogP contribution in [-0.4, -0.2) is 18.6 Å². The topological polar surface area (TPSA) is 88.2 Å². The lowest BCUT2D eigenvalue weighted by Gasteiger charge is -2.10. The van der Waals surface area contributed by atoms with Gasteiger partial charge >= 0.3 is 5.69 Å². The van der Waals surface area contributed by atoms with Gasteiger partial charge in [-0.05, 0) is 6.92 Å². The lowest BCUT2D eigenvalue weighted by atomic mass is 10.2. The predicted octanol–water partition coefficient (Wildman–Crippen LogP) is 2.31. The number of methoxy groups -OCH3 is 1. The smallest absolute Gasteiger partial charge is 0.327 e. The van der Waals surface area contributed by atoms with E-state index in [1.807, 2.05) is 6.07 Å². The SMILES string of the molecule is COc1cc(F)c([N+](=O)[O-])c(NCC(C)C#N)c1. The predicted molar refractivity (Wildman–Crippen MR) is 62.9 cm³/mol. The molecule has 1 aromatic carbocycles. The minimum absolute atomic E-state index is 0.000972. The molecule has 0 amide bonds.